The van der Waals surface area contributed by atoms with Gasteiger partial charge in [0, 0.05) is 26.9 Å². The average molecular weight is 219 g/mol. The summed E-state index contributed by atoms with van der Waals surface area (Å²) >= 11 is 0. The summed E-state index contributed by atoms with van der Waals surface area (Å²) in [6, 6.07) is 0. The van der Waals surface area contributed by atoms with Gasteiger partial charge in [-0.1, -0.05) is 0 Å². The first-order chi connectivity index (χ1) is 7.22. The molecule has 3 N–H and O–H groups in total. The fraction of sp³-hybridized carbons (Fsp3) is 0.900. The lowest BCUT2D eigenvalue weighted by Crippen LogP contribution is -2.19. The van der Waals surface area contributed by atoms with E-state index in [1.54, 1.807) is 7.11 Å². The zero-order valence-corrected chi connectivity index (χ0v) is 9.28. The highest BCUT2D eigenvalue weighted by Crippen LogP contribution is 2.07. The minimum atomic E-state index is -0.791. The predicted octanol–water partition coefficient (Wildman–Crippen LogP) is 0.479. The molecule has 90 valence electrons. The third-order valence-corrected chi connectivity index (χ3v) is 2.11. The van der Waals surface area contributed by atoms with Gasteiger partial charge in [-0.3, -0.25) is 4.79 Å². The van der Waals surface area contributed by atoms with E-state index in [9.17, 15) is 4.79 Å². The Morgan fingerprint density at radius 2 is 2.07 bits per heavy atom. The van der Waals surface area contributed by atoms with Gasteiger partial charge in [0.15, 0.2) is 0 Å². The van der Waals surface area contributed by atoms with E-state index in [0.29, 0.717) is 39.2 Å². The highest BCUT2D eigenvalue weighted by atomic mass is 16.5. The van der Waals surface area contributed by atoms with Crippen LogP contribution in [0.15, 0.2) is 0 Å². The van der Waals surface area contributed by atoms with Gasteiger partial charge >= 0.3 is 5.97 Å². The number of hydrogen-bond donors (Lipinski definition) is 2. The molecule has 5 heteroatoms. The lowest BCUT2D eigenvalue weighted by molar-refractivity contribution is -0.142. The number of nitrogens with two attached hydrogens (primary N) is 1. The summed E-state index contributed by atoms with van der Waals surface area (Å²) in [5.41, 5.74) is 5.32. The van der Waals surface area contributed by atoms with Crippen LogP contribution in [0.1, 0.15) is 19.3 Å². The van der Waals surface area contributed by atoms with Crippen molar-refractivity contribution in [3.8, 4) is 0 Å². The van der Waals surface area contributed by atoms with Gasteiger partial charge in [-0.05, 0) is 25.8 Å². The molecule has 15 heavy (non-hydrogen) atoms. The largest absolute Gasteiger partial charge is 0.481 e. The molecule has 0 rings (SSSR count). The van der Waals surface area contributed by atoms with Crippen LogP contribution >= 0.6 is 0 Å². The summed E-state index contributed by atoms with van der Waals surface area (Å²) in [4.78, 5) is 10.7. The molecule has 0 aromatic carbocycles. The second kappa shape index (κ2) is 9.89. The van der Waals surface area contributed by atoms with Crippen molar-refractivity contribution in [1.29, 1.82) is 0 Å². The van der Waals surface area contributed by atoms with E-state index in [0.717, 1.165) is 6.42 Å². The van der Waals surface area contributed by atoms with Gasteiger partial charge in [0.2, 0.25) is 0 Å². The molecule has 1 atom stereocenters. The predicted molar refractivity (Wildman–Crippen MR) is 56.7 cm³/mol. The summed E-state index contributed by atoms with van der Waals surface area (Å²) in [5.74, 6) is -1.17. The Balaban J connectivity index is 3.41. The van der Waals surface area contributed by atoms with Crippen molar-refractivity contribution in [3.63, 3.8) is 0 Å². The molecule has 1 unspecified atom stereocenters. The fourth-order valence-corrected chi connectivity index (χ4v) is 1.23. The SMILES string of the molecule is COCCCOCCC(CCN)C(=O)O. The molecule has 0 aromatic rings. The van der Waals surface area contributed by atoms with Crippen LogP contribution in [0, 0.1) is 5.92 Å². The van der Waals surface area contributed by atoms with E-state index < -0.39 is 5.97 Å². The Kier molecular flexibility index (Phi) is 9.46. The van der Waals surface area contributed by atoms with Crippen LogP contribution in [-0.2, 0) is 14.3 Å². The minimum absolute atomic E-state index is 0.377. The number of rotatable bonds is 10. The molecule has 0 aliphatic heterocycles. The van der Waals surface area contributed by atoms with Gasteiger partial charge in [0.05, 0.1) is 5.92 Å². The van der Waals surface area contributed by atoms with E-state index in [1.165, 1.54) is 0 Å². The Morgan fingerprint density at radius 3 is 2.60 bits per heavy atom. The number of carboxylic acid groups (broad SMARTS) is 1. The van der Waals surface area contributed by atoms with Crippen LogP contribution in [0.3, 0.4) is 0 Å². The number of hydrogen-bond acceptors (Lipinski definition) is 4. The third-order valence-electron chi connectivity index (χ3n) is 2.11. The van der Waals surface area contributed by atoms with Crippen LogP contribution in [0.2, 0.25) is 0 Å². The van der Waals surface area contributed by atoms with Crippen molar-refractivity contribution >= 4 is 5.97 Å². The number of aliphatic carboxylic acids is 1. The molecule has 0 bridgehead atoms. The van der Waals surface area contributed by atoms with Gasteiger partial charge in [-0.2, -0.15) is 0 Å². The molecule has 0 saturated heterocycles. The molecule has 0 aromatic heterocycles. The summed E-state index contributed by atoms with van der Waals surface area (Å²) in [6.45, 7) is 2.16. The normalized spacial score (nSPS) is 12.7. The van der Waals surface area contributed by atoms with E-state index in [-0.39, 0.29) is 5.92 Å². The maximum atomic E-state index is 10.7. The fourth-order valence-electron chi connectivity index (χ4n) is 1.23. The lowest BCUT2D eigenvalue weighted by atomic mass is 10.0. The second-order valence-corrected chi connectivity index (χ2v) is 3.36. The molecule has 0 heterocycles. The number of carbonyl (C=O) groups is 1. The second-order valence-electron chi connectivity index (χ2n) is 3.36. The van der Waals surface area contributed by atoms with Crippen LogP contribution in [0.5, 0.6) is 0 Å². The first-order valence-electron chi connectivity index (χ1n) is 5.22. The van der Waals surface area contributed by atoms with E-state index in [2.05, 4.69) is 0 Å². The molecule has 0 aliphatic rings. The molecule has 0 saturated carbocycles. The first kappa shape index (κ1) is 14.3. The topological polar surface area (TPSA) is 81.8 Å². The van der Waals surface area contributed by atoms with Gasteiger partial charge in [0.25, 0.3) is 0 Å². The van der Waals surface area contributed by atoms with E-state index in [4.69, 9.17) is 20.3 Å². The zero-order chi connectivity index (χ0) is 11.5. The highest BCUT2D eigenvalue weighted by Gasteiger charge is 2.15. The quantitative estimate of drug-likeness (QED) is 0.522. The monoisotopic (exact) mass is 219 g/mol. The molecule has 0 fully saturated rings. The van der Waals surface area contributed by atoms with Crippen LogP contribution in [0.4, 0.5) is 0 Å². The van der Waals surface area contributed by atoms with Crippen molar-refractivity contribution in [2.75, 3.05) is 33.5 Å². The average Bonchev–Trinajstić information content (AvgIpc) is 2.21. The van der Waals surface area contributed by atoms with Crippen LogP contribution in [0.25, 0.3) is 0 Å². The summed E-state index contributed by atoms with van der Waals surface area (Å²) in [7, 11) is 1.64. The molecule has 0 spiro atoms. The maximum Gasteiger partial charge on any atom is 0.306 e. The molecular formula is C10H21NO4. The molecule has 0 aliphatic carbocycles. The Hall–Kier alpha value is -0.650. The summed E-state index contributed by atoms with van der Waals surface area (Å²) < 4.78 is 10.1. The van der Waals surface area contributed by atoms with Crippen molar-refractivity contribution in [2.24, 2.45) is 11.7 Å². The third kappa shape index (κ3) is 8.35. The van der Waals surface area contributed by atoms with E-state index in [1.807, 2.05) is 0 Å². The lowest BCUT2D eigenvalue weighted by Gasteiger charge is -2.10. The summed E-state index contributed by atoms with van der Waals surface area (Å²) in [5, 5.41) is 8.81. The minimum Gasteiger partial charge on any atom is -0.481 e. The van der Waals surface area contributed by atoms with Crippen LogP contribution < -0.4 is 5.73 Å². The summed E-state index contributed by atoms with van der Waals surface area (Å²) in [6.07, 6.45) is 1.88. The highest BCUT2D eigenvalue weighted by molar-refractivity contribution is 5.69. The van der Waals surface area contributed by atoms with Gasteiger partial charge in [-0.25, -0.2) is 0 Å². The first-order valence-corrected chi connectivity index (χ1v) is 5.22. The standard InChI is InChI=1S/C10H21NO4/c1-14-6-2-7-15-8-4-9(3-5-11)10(12)13/h9H,2-8,11H2,1H3,(H,12,13). The smallest absolute Gasteiger partial charge is 0.306 e. The number of methoxy groups -OCH3 is 1. The Morgan fingerprint density at radius 1 is 1.33 bits per heavy atom. The molecule has 0 radical (unpaired) electrons. The van der Waals surface area contributed by atoms with Gasteiger partial charge < -0.3 is 20.3 Å². The van der Waals surface area contributed by atoms with Crippen molar-refractivity contribution in [2.45, 2.75) is 19.3 Å². The van der Waals surface area contributed by atoms with Crippen molar-refractivity contribution in [3.05, 3.63) is 0 Å². The zero-order valence-electron chi connectivity index (χ0n) is 9.28. The number of carboxylic acids is 1. The maximum absolute atomic E-state index is 10.7. The van der Waals surface area contributed by atoms with Crippen molar-refractivity contribution < 1.29 is 19.4 Å². The number of ether oxygens (including phenoxy) is 2. The van der Waals surface area contributed by atoms with E-state index >= 15 is 0 Å². The van der Waals surface area contributed by atoms with Crippen molar-refractivity contribution in [1.82, 2.24) is 0 Å². The molecule has 0 amide bonds. The molecular weight excluding hydrogens is 198 g/mol. The Labute approximate surface area is 90.5 Å². The molecule has 5 nitrogen and oxygen atoms in total. The van der Waals surface area contributed by atoms with Gasteiger partial charge in [0.1, 0.15) is 0 Å². The Bertz CT molecular complexity index is 164. The van der Waals surface area contributed by atoms with Crippen LogP contribution in [-0.4, -0.2) is 44.6 Å². The van der Waals surface area contributed by atoms with Gasteiger partial charge in [-0.15, -0.1) is 0 Å².